The Hall–Kier alpha value is -1.86. The Morgan fingerprint density at radius 3 is 2.77 bits per heavy atom. The van der Waals surface area contributed by atoms with Gasteiger partial charge in [0.2, 0.25) is 0 Å². The first kappa shape index (κ1) is 17.5. The highest BCUT2D eigenvalue weighted by atomic mass is 79.9. The van der Waals surface area contributed by atoms with Gasteiger partial charge in [0, 0.05) is 15.1 Å². The molecule has 130 valence electrons. The van der Waals surface area contributed by atoms with Crippen molar-refractivity contribution >= 4 is 71.7 Å². The molecule has 4 rings (SSSR count). The predicted octanol–water partition coefficient (Wildman–Crippen LogP) is 6.88. The molecular formula is C18H9BrCl2N2O2S. The lowest BCUT2D eigenvalue weighted by molar-refractivity contribution is 0.0997. The SMILES string of the molecule is O=C(Nc1nc2ccc(Br)cc2s1)c1ccc(-c2ccc(Cl)cc2Cl)o1. The lowest BCUT2D eigenvalue weighted by Crippen LogP contribution is -2.10. The van der Waals surface area contributed by atoms with Crippen molar-refractivity contribution in [3.63, 3.8) is 0 Å². The second kappa shape index (κ2) is 7.04. The first-order valence-electron chi connectivity index (χ1n) is 7.42. The minimum absolute atomic E-state index is 0.173. The van der Waals surface area contributed by atoms with Gasteiger partial charge in [0.25, 0.3) is 5.91 Å². The van der Waals surface area contributed by atoms with Crippen LogP contribution in [0.2, 0.25) is 10.0 Å². The maximum Gasteiger partial charge on any atom is 0.293 e. The average Bonchev–Trinajstić information content (AvgIpc) is 3.21. The summed E-state index contributed by atoms with van der Waals surface area (Å²) in [4.78, 5) is 16.8. The molecule has 2 aromatic heterocycles. The van der Waals surface area contributed by atoms with Crippen LogP contribution in [0, 0.1) is 0 Å². The number of halogens is 3. The van der Waals surface area contributed by atoms with E-state index in [2.05, 4.69) is 26.2 Å². The molecule has 0 radical (unpaired) electrons. The van der Waals surface area contributed by atoms with Crippen LogP contribution in [0.15, 0.2) is 57.4 Å². The lowest BCUT2D eigenvalue weighted by Gasteiger charge is -2.01. The van der Waals surface area contributed by atoms with Crippen molar-refractivity contribution < 1.29 is 9.21 Å². The van der Waals surface area contributed by atoms with Gasteiger partial charge >= 0.3 is 0 Å². The number of carbonyl (C=O) groups is 1. The molecule has 2 aromatic carbocycles. The molecular weight excluding hydrogens is 459 g/mol. The summed E-state index contributed by atoms with van der Waals surface area (Å²) in [6.45, 7) is 0. The molecule has 0 aliphatic carbocycles. The monoisotopic (exact) mass is 466 g/mol. The van der Waals surface area contributed by atoms with Crippen molar-refractivity contribution in [1.82, 2.24) is 4.98 Å². The number of fused-ring (bicyclic) bond motifs is 1. The molecule has 0 aliphatic heterocycles. The fourth-order valence-corrected chi connectivity index (χ4v) is 4.32. The minimum atomic E-state index is -0.376. The Balaban J connectivity index is 1.57. The summed E-state index contributed by atoms with van der Waals surface area (Å²) >= 11 is 16.9. The number of nitrogens with one attached hydrogen (secondary N) is 1. The number of hydrogen-bond donors (Lipinski definition) is 1. The normalized spacial score (nSPS) is 11.0. The zero-order valence-corrected chi connectivity index (χ0v) is 16.8. The second-order valence-electron chi connectivity index (χ2n) is 5.37. The number of carbonyl (C=O) groups excluding carboxylic acids is 1. The first-order valence-corrected chi connectivity index (χ1v) is 9.79. The standard InChI is InChI=1S/C18H9BrCl2N2O2S/c19-9-1-4-13-16(7-9)26-18(22-13)23-17(24)15-6-5-14(25-15)11-3-2-10(20)8-12(11)21/h1-8H,(H,22,23,24). The van der Waals surface area contributed by atoms with E-state index in [9.17, 15) is 4.79 Å². The fourth-order valence-electron chi connectivity index (χ4n) is 2.40. The number of benzene rings is 2. The van der Waals surface area contributed by atoms with Crippen molar-refractivity contribution in [2.24, 2.45) is 0 Å². The first-order chi connectivity index (χ1) is 12.5. The number of hydrogen-bond acceptors (Lipinski definition) is 4. The Morgan fingerprint density at radius 1 is 1.12 bits per heavy atom. The summed E-state index contributed by atoms with van der Waals surface area (Å²) in [5.74, 6) is 0.288. The third-order valence-electron chi connectivity index (χ3n) is 3.60. The van der Waals surface area contributed by atoms with Gasteiger partial charge in [-0.3, -0.25) is 10.1 Å². The third kappa shape index (κ3) is 3.50. The molecule has 1 N–H and O–H groups in total. The molecule has 0 bridgehead atoms. The summed E-state index contributed by atoms with van der Waals surface area (Å²) < 4.78 is 7.58. The number of anilines is 1. The molecule has 1 amide bonds. The number of furan rings is 1. The highest BCUT2D eigenvalue weighted by molar-refractivity contribution is 9.10. The largest absolute Gasteiger partial charge is 0.451 e. The maximum atomic E-state index is 12.4. The van der Waals surface area contributed by atoms with Crippen LogP contribution in [0.1, 0.15) is 10.6 Å². The van der Waals surface area contributed by atoms with Crippen LogP contribution in [0.4, 0.5) is 5.13 Å². The molecule has 2 heterocycles. The predicted molar refractivity (Wildman–Crippen MR) is 109 cm³/mol. The smallest absolute Gasteiger partial charge is 0.293 e. The number of nitrogens with zero attached hydrogens (tertiary/aromatic N) is 1. The van der Waals surface area contributed by atoms with E-state index >= 15 is 0 Å². The van der Waals surface area contributed by atoms with Crippen LogP contribution < -0.4 is 5.32 Å². The Morgan fingerprint density at radius 2 is 1.96 bits per heavy atom. The molecule has 8 heteroatoms. The van der Waals surface area contributed by atoms with Gasteiger partial charge in [-0.25, -0.2) is 4.98 Å². The van der Waals surface area contributed by atoms with E-state index < -0.39 is 0 Å². The van der Waals surface area contributed by atoms with E-state index in [1.807, 2.05) is 18.2 Å². The molecule has 0 atom stereocenters. The average molecular weight is 468 g/mol. The fraction of sp³-hybridized carbons (Fsp3) is 0. The van der Waals surface area contributed by atoms with Crippen LogP contribution in [0.3, 0.4) is 0 Å². The van der Waals surface area contributed by atoms with Gasteiger partial charge in [0.15, 0.2) is 10.9 Å². The molecule has 0 saturated carbocycles. The molecule has 4 aromatic rings. The summed E-state index contributed by atoms with van der Waals surface area (Å²) in [6.07, 6.45) is 0. The van der Waals surface area contributed by atoms with Gasteiger partial charge in [0.05, 0.1) is 15.2 Å². The lowest BCUT2D eigenvalue weighted by atomic mass is 10.2. The van der Waals surface area contributed by atoms with Gasteiger partial charge in [-0.15, -0.1) is 0 Å². The minimum Gasteiger partial charge on any atom is -0.451 e. The van der Waals surface area contributed by atoms with E-state index in [0.717, 1.165) is 14.7 Å². The molecule has 4 nitrogen and oxygen atoms in total. The van der Waals surface area contributed by atoms with Crippen LogP contribution in [-0.4, -0.2) is 10.9 Å². The Labute approximate surface area is 170 Å². The number of rotatable bonds is 3. The zero-order valence-electron chi connectivity index (χ0n) is 12.9. The van der Waals surface area contributed by atoms with Crippen molar-refractivity contribution in [2.75, 3.05) is 5.32 Å². The Bertz CT molecular complexity index is 1140. The number of thiazole rings is 1. The van der Waals surface area contributed by atoms with Gasteiger partial charge in [-0.1, -0.05) is 50.5 Å². The van der Waals surface area contributed by atoms with Crippen LogP contribution >= 0.6 is 50.5 Å². The molecule has 0 spiro atoms. The zero-order chi connectivity index (χ0) is 18.3. The molecule has 0 unspecified atom stereocenters. The molecule has 0 fully saturated rings. The van der Waals surface area contributed by atoms with Gasteiger partial charge in [0.1, 0.15) is 5.76 Å². The van der Waals surface area contributed by atoms with Crippen LogP contribution in [-0.2, 0) is 0 Å². The second-order valence-corrected chi connectivity index (χ2v) is 8.16. The van der Waals surface area contributed by atoms with E-state index in [-0.39, 0.29) is 11.7 Å². The van der Waals surface area contributed by atoms with E-state index in [0.29, 0.717) is 26.5 Å². The molecule has 0 saturated heterocycles. The van der Waals surface area contributed by atoms with E-state index in [4.69, 9.17) is 27.6 Å². The van der Waals surface area contributed by atoms with Crippen molar-refractivity contribution in [3.05, 3.63) is 68.8 Å². The van der Waals surface area contributed by atoms with E-state index in [1.165, 1.54) is 11.3 Å². The summed E-state index contributed by atoms with van der Waals surface area (Å²) in [7, 11) is 0. The van der Waals surface area contributed by atoms with Crippen LogP contribution in [0.25, 0.3) is 21.5 Å². The number of aromatic nitrogens is 1. The summed E-state index contributed by atoms with van der Waals surface area (Å²) in [6, 6.07) is 14.1. The molecule has 0 aliphatic rings. The Kier molecular flexibility index (Phi) is 4.75. The molecule has 26 heavy (non-hydrogen) atoms. The van der Waals surface area contributed by atoms with Gasteiger partial charge < -0.3 is 4.42 Å². The number of amides is 1. The third-order valence-corrected chi connectivity index (χ3v) is 5.57. The van der Waals surface area contributed by atoms with Crippen molar-refractivity contribution in [2.45, 2.75) is 0 Å². The highest BCUT2D eigenvalue weighted by Crippen LogP contribution is 2.32. The quantitative estimate of drug-likeness (QED) is 0.357. The van der Waals surface area contributed by atoms with Gasteiger partial charge in [-0.2, -0.15) is 0 Å². The maximum absolute atomic E-state index is 12.4. The highest BCUT2D eigenvalue weighted by Gasteiger charge is 2.16. The van der Waals surface area contributed by atoms with Gasteiger partial charge in [-0.05, 0) is 48.5 Å². The van der Waals surface area contributed by atoms with Crippen molar-refractivity contribution in [3.8, 4) is 11.3 Å². The van der Waals surface area contributed by atoms with Crippen molar-refractivity contribution in [1.29, 1.82) is 0 Å². The summed E-state index contributed by atoms with van der Waals surface area (Å²) in [5, 5.41) is 4.25. The van der Waals surface area contributed by atoms with E-state index in [1.54, 1.807) is 30.3 Å². The summed E-state index contributed by atoms with van der Waals surface area (Å²) in [5.41, 5.74) is 1.49. The van der Waals surface area contributed by atoms with Crippen LogP contribution in [0.5, 0.6) is 0 Å². The topological polar surface area (TPSA) is 55.1 Å².